The molecule has 1 aromatic carbocycles. The molecule has 1 aliphatic heterocycles. The van der Waals surface area contributed by atoms with E-state index in [4.69, 9.17) is 5.73 Å². The van der Waals surface area contributed by atoms with Gasteiger partial charge >= 0.3 is 6.03 Å². The van der Waals surface area contributed by atoms with Crippen LogP contribution in [0.25, 0.3) is 0 Å². The largest absolute Gasteiger partial charge is 0.369 e. The summed E-state index contributed by atoms with van der Waals surface area (Å²) in [4.78, 5) is 38.4. The van der Waals surface area contributed by atoms with Gasteiger partial charge in [0.05, 0.1) is 5.92 Å². The van der Waals surface area contributed by atoms with E-state index in [1.807, 2.05) is 44.2 Å². The van der Waals surface area contributed by atoms with Gasteiger partial charge in [-0.05, 0) is 43.8 Å². The third-order valence-corrected chi connectivity index (χ3v) is 5.39. The number of nitrogens with one attached hydrogen (secondary N) is 3. The van der Waals surface area contributed by atoms with E-state index in [1.54, 1.807) is 0 Å². The minimum absolute atomic E-state index is 0.0362. The van der Waals surface area contributed by atoms with E-state index in [1.165, 1.54) is 0 Å². The fraction of sp³-hybridized carbons (Fsp3) is 0.591. The standard InChI is InChI=1S/C22H35N5O3/c1-16(2)19(26-22(30)25-14-17-8-4-3-5-9-17)21(29)24-11-7-13-27-12-6-10-18(15-27)20(23)28/h3-5,8-9,16,18-19H,6-7,10-15H2,1-2H3,(H2,23,28)(H,24,29)(H2,25,26,30). The minimum Gasteiger partial charge on any atom is -0.369 e. The van der Waals surface area contributed by atoms with Gasteiger partial charge in [0.2, 0.25) is 11.8 Å². The summed E-state index contributed by atoms with van der Waals surface area (Å²) < 4.78 is 0. The third kappa shape index (κ3) is 8.02. The lowest BCUT2D eigenvalue weighted by Crippen LogP contribution is -2.52. The molecule has 166 valence electrons. The average molecular weight is 418 g/mol. The Morgan fingerprint density at radius 2 is 1.90 bits per heavy atom. The van der Waals surface area contributed by atoms with Crippen LogP contribution in [0.1, 0.15) is 38.7 Å². The molecule has 30 heavy (non-hydrogen) atoms. The Hall–Kier alpha value is -2.61. The molecule has 4 amide bonds. The normalized spacial score (nSPS) is 17.9. The van der Waals surface area contributed by atoms with Crippen molar-refractivity contribution in [2.45, 2.75) is 45.7 Å². The van der Waals surface area contributed by atoms with Crippen molar-refractivity contribution < 1.29 is 14.4 Å². The van der Waals surface area contributed by atoms with Crippen LogP contribution in [-0.4, -0.2) is 55.0 Å². The Kier molecular flexibility index (Phi) is 9.60. The molecule has 1 saturated heterocycles. The van der Waals surface area contributed by atoms with Crippen molar-refractivity contribution in [3.63, 3.8) is 0 Å². The molecule has 1 aromatic rings. The summed E-state index contributed by atoms with van der Waals surface area (Å²) in [5.41, 5.74) is 6.41. The maximum absolute atomic E-state index is 12.6. The summed E-state index contributed by atoms with van der Waals surface area (Å²) in [5.74, 6) is -0.527. The number of rotatable bonds is 10. The Morgan fingerprint density at radius 1 is 1.17 bits per heavy atom. The molecule has 5 N–H and O–H groups in total. The number of hydrogen-bond acceptors (Lipinski definition) is 4. The first kappa shape index (κ1) is 23.7. The molecular formula is C22H35N5O3. The first-order valence-electron chi connectivity index (χ1n) is 10.7. The second-order valence-corrected chi connectivity index (χ2v) is 8.22. The molecular weight excluding hydrogens is 382 g/mol. The van der Waals surface area contributed by atoms with E-state index in [-0.39, 0.29) is 29.7 Å². The monoisotopic (exact) mass is 417 g/mol. The van der Waals surface area contributed by atoms with Crippen molar-refractivity contribution in [3.05, 3.63) is 35.9 Å². The van der Waals surface area contributed by atoms with Gasteiger partial charge in [-0.25, -0.2) is 4.79 Å². The molecule has 2 rings (SSSR count). The zero-order chi connectivity index (χ0) is 21.9. The Bertz CT molecular complexity index is 695. The van der Waals surface area contributed by atoms with Crippen LogP contribution in [0.15, 0.2) is 30.3 Å². The molecule has 1 fully saturated rings. The lowest BCUT2D eigenvalue weighted by atomic mass is 9.97. The predicted octanol–water partition coefficient (Wildman–Crippen LogP) is 1.21. The highest BCUT2D eigenvalue weighted by Gasteiger charge is 2.25. The number of hydrogen-bond donors (Lipinski definition) is 4. The molecule has 0 saturated carbocycles. The van der Waals surface area contributed by atoms with E-state index in [2.05, 4.69) is 20.9 Å². The van der Waals surface area contributed by atoms with Gasteiger partial charge in [-0.2, -0.15) is 0 Å². The summed E-state index contributed by atoms with van der Waals surface area (Å²) in [5, 5.41) is 8.48. The maximum Gasteiger partial charge on any atom is 0.315 e. The van der Waals surface area contributed by atoms with Crippen molar-refractivity contribution >= 4 is 17.8 Å². The molecule has 1 heterocycles. The highest BCUT2D eigenvalue weighted by molar-refractivity contribution is 5.87. The van der Waals surface area contributed by atoms with Gasteiger partial charge in [0.25, 0.3) is 0 Å². The van der Waals surface area contributed by atoms with Crippen LogP contribution >= 0.6 is 0 Å². The molecule has 2 atom stereocenters. The first-order chi connectivity index (χ1) is 14.4. The minimum atomic E-state index is -0.602. The van der Waals surface area contributed by atoms with Crippen LogP contribution in [-0.2, 0) is 16.1 Å². The molecule has 8 heteroatoms. The molecule has 2 unspecified atom stereocenters. The van der Waals surface area contributed by atoms with Gasteiger partial charge in [0.1, 0.15) is 6.04 Å². The molecule has 0 spiro atoms. The zero-order valence-corrected chi connectivity index (χ0v) is 18.0. The summed E-state index contributed by atoms with van der Waals surface area (Å²) >= 11 is 0. The molecule has 0 bridgehead atoms. The number of nitrogens with zero attached hydrogens (tertiary/aromatic N) is 1. The second-order valence-electron chi connectivity index (χ2n) is 8.22. The van der Waals surface area contributed by atoms with Crippen LogP contribution < -0.4 is 21.7 Å². The van der Waals surface area contributed by atoms with E-state index in [0.717, 1.165) is 37.9 Å². The topological polar surface area (TPSA) is 117 Å². The van der Waals surface area contributed by atoms with Crippen molar-refractivity contribution in [1.82, 2.24) is 20.9 Å². The molecule has 0 aromatic heterocycles. The van der Waals surface area contributed by atoms with E-state index < -0.39 is 6.04 Å². The van der Waals surface area contributed by atoms with E-state index in [0.29, 0.717) is 19.6 Å². The van der Waals surface area contributed by atoms with Gasteiger partial charge in [-0.15, -0.1) is 0 Å². The third-order valence-electron chi connectivity index (χ3n) is 5.39. The molecule has 1 aliphatic rings. The highest BCUT2D eigenvalue weighted by atomic mass is 16.2. The number of amides is 4. The predicted molar refractivity (Wildman–Crippen MR) is 116 cm³/mol. The van der Waals surface area contributed by atoms with Crippen molar-refractivity contribution in [1.29, 1.82) is 0 Å². The quantitative estimate of drug-likeness (QED) is 0.428. The Labute approximate surface area is 178 Å². The lowest BCUT2D eigenvalue weighted by Gasteiger charge is -2.31. The number of piperidine rings is 1. The number of nitrogens with two attached hydrogens (primary N) is 1. The van der Waals surface area contributed by atoms with Crippen LogP contribution in [0.4, 0.5) is 4.79 Å². The lowest BCUT2D eigenvalue weighted by molar-refractivity contribution is -0.124. The average Bonchev–Trinajstić information content (AvgIpc) is 2.74. The number of carbonyl (C=O) groups is 3. The Morgan fingerprint density at radius 3 is 2.57 bits per heavy atom. The van der Waals surface area contributed by atoms with Crippen molar-refractivity contribution in [2.75, 3.05) is 26.2 Å². The SMILES string of the molecule is CC(C)C(NC(=O)NCc1ccccc1)C(=O)NCCCN1CCCC(C(N)=O)C1. The number of urea groups is 1. The summed E-state index contributed by atoms with van der Waals surface area (Å²) in [6, 6.07) is 8.65. The maximum atomic E-state index is 12.6. The molecule has 0 aliphatic carbocycles. The number of primary amides is 1. The molecule has 0 radical (unpaired) electrons. The van der Waals surface area contributed by atoms with Gasteiger partial charge in [0, 0.05) is 19.6 Å². The van der Waals surface area contributed by atoms with Crippen LogP contribution in [0.2, 0.25) is 0 Å². The fourth-order valence-electron chi connectivity index (χ4n) is 3.62. The number of likely N-dealkylation sites (tertiary alicyclic amines) is 1. The smallest absolute Gasteiger partial charge is 0.315 e. The fourth-order valence-corrected chi connectivity index (χ4v) is 3.62. The van der Waals surface area contributed by atoms with E-state index >= 15 is 0 Å². The van der Waals surface area contributed by atoms with Crippen molar-refractivity contribution in [2.24, 2.45) is 17.6 Å². The van der Waals surface area contributed by atoms with Gasteiger partial charge < -0.3 is 26.6 Å². The number of carbonyl (C=O) groups excluding carboxylic acids is 3. The summed E-state index contributed by atoms with van der Waals surface area (Å²) in [6.45, 7) is 7.19. The highest BCUT2D eigenvalue weighted by Crippen LogP contribution is 2.15. The summed E-state index contributed by atoms with van der Waals surface area (Å²) in [6.07, 6.45) is 2.61. The van der Waals surface area contributed by atoms with Gasteiger partial charge in [-0.3, -0.25) is 9.59 Å². The van der Waals surface area contributed by atoms with Gasteiger partial charge in [-0.1, -0.05) is 44.2 Å². The molecule has 8 nitrogen and oxygen atoms in total. The van der Waals surface area contributed by atoms with E-state index in [9.17, 15) is 14.4 Å². The zero-order valence-electron chi connectivity index (χ0n) is 18.0. The van der Waals surface area contributed by atoms with Crippen LogP contribution in [0.3, 0.4) is 0 Å². The number of benzene rings is 1. The summed E-state index contributed by atoms with van der Waals surface area (Å²) in [7, 11) is 0. The van der Waals surface area contributed by atoms with Gasteiger partial charge in [0.15, 0.2) is 0 Å². The van der Waals surface area contributed by atoms with Crippen LogP contribution in [0.5, 0.6) is 0 Å². The van der Waals surface area contributed by atoms with Crippen molar-refractivity contribution in [3.8, 4) is 0 Å². The van der Waals surface area contributed by atoms with Crippen LogP contribution in [0, 0.1) is 11.8 Å². The first-order valence-corrected chi connectivity index (χ1v) is 10.7. The second kappa shape index (κ2) is 12.2. The Balaban J connectivity index is 1.70.